The summed E-state index contributed by atoms with van der Waals surface area (Å²) in [4.78, 5) is 0. The summed E-state index contributed by atoms with van der Waals surface area (Å²) >= 11 is 3.29. The van der Waals surface area contributed by atoms with E-state index in [9.17, 15) is 0 Å². The average molecular weight is 280 g/mol. The molecule has 1 heterocycles. The van der Waals surface area contributed by atoms with Crippen LogP contribution in [0.4, 0.5) is 5.82 Å². The Labute approximate surface area is 102 Å². The second kappa shape index (κ2) is 3.80. The van der Waals surface area contributed by atoms with Gasteiger partial charge in [0.2, 0.25) is 0 Å². The maximum absolute atomic E-state index is 8.85. The van der Waals surface area contributed by atoms with E-state index in [1.807, 2.05) is 0 Å². The fourth-order valence-electron chi connectivity index (χ4n) is 2.12. The van der Waals surface area contributed by atoms with E-state index in [-0.39, 0.29) is 11.5 Å². The molecule has 1 fully saturated rings. The second-order valence-corrected chi connectivity index (χ2v) is 4.95. The molecule has 1 aromatic rings. The summed E-state index contributed by atoms with van der Waals surface area (Å²) in [5.74, 6) is 0.440. The van der Waals surface area contributed by atoms with Crippen molar-refractivity contribution >= 4 is 21.7 Å². The van der Waals surface area contributed by atoms with E-state index in [1.165, 1.54) is 0 Å². The number of nitrogen functional groups attached to an aromatic ring is 1. The average Bonchev–Trinajstić information content (AvgIpc) is 2.52. The van der Waals surface area contributed by atoms with Crippen molar-refractivity contribution in [3.05, 3.63) is 10.7 Å². The van der Waals surface area contributed by atoms with Crippen LogP contribution in [0.25, 0.3) is 0 Å². The molecule has 2 rings (SSSR count). The van der Waals surface area contributed by atoms with Crippen molar-refractivity contribution in [3.8, 4) is 12.1 Å². The van der Waals surface area contributed by atoms with E-state index >= 15 is 0 Å². The number of nitrogens with two attached hydrogens (primary N) is 1. The summed E-state index contributed by atoms with van der Waals surface area (Å²) in [6.07, 6.45) is 3.48. The molecule has 1 saturated carbocycles. The molecule has 0 aliphatic heterocycles. The van der Waals surface area contributed by atoms with Gasteiger partial charge in [-0.25, -0.2) is 0 Å². The predicted octanol–water partition coefficient (Wildman–Crippen LogP) is 1.77. The lowest BCUT2D eigenvalue weighted by molar-refractivity contribution is 0.0884. The third-order valence-electron chi connectivity index (χ3n) is 3.03. The van der Waals surface area contributed by atoms with Crippen LogP contribution in [-0.4, -0.2) is 9.78 Å². The molecule has 16 heavy (non-hydrogen) atoms. The van der Waals surface area contributed by atoms with Gasteiger partial charge in [-0.3, -0.25) is 4.68 Å². The van der Waals surface area contributed by atoms with Crippen LogP contribution >= 0.6 is 15.9 Å². The lowest BCUT2D eigenvalue weighted by Crippen LogP contribution is -2.46. The molecular formula is C10H10BrN5. The Balaban J connectivity index is 2.29. The van der Waals surface area contributed by atoms with Gasteiger partial charge in [0, 0.05) is 6.20 Å². The maximum Gasteiger partial charge on any atom is 0.159 e. The minimum absolute atomic E-state index is 0.0255. The fourth-order valence-corrected chi connectivity index (χ4v) is 2.39. The van der Waals surface area contributed by atoms with Crippen molar-refractivity contribution in [3.63, 3.8) is 0 Å². The highest BCUT2D eigenvalue weighted by atomic mass is 79.9. The highest BCUT2D eigenvalue weighted by Gasteiger charge is 2.46. The molecule has 0 radical (unpaired) electrons. The minimum atomic E-state index is -0.338. The van der Waals surface area contributed by atoms with Crippen LogP contribution in [0, 0.1) is 28.6 Å². The van der Waals surface area contributed by atoms with Gasteiger partial charge in [0.25, 0.3) is 0 Å². The first-order valence-electron chi connectivity index (χ1n) is 4.89. The number of aromatic nitrogens is 2. The van der Waals surface area contributed by atoms with Crippen LogP contribution < -0.4 is 5.73 Å². The topological polar surface area (TPSA) is 91.4 Å². The Hall–Kier alpha value is -1.53. The minimum Gasteiger partial charge on any atom is -0.381 e. The van der Waals surface area contributed by atoms with E-state index in [4.69, 9.17) is 16.3 Å². The first kappa shape index (κ1) is 11.0. The zero-order valence-electron chi connectivity index (χ0n) is 8.52. The van der Waals surface area contributed by atoms with Crippen LogP contribution in [0.1, 0.15) is 19.3 Å². The molecule has 0 aromatic carbocycles. The number of halogens is 1. The molecule has 1 aromatic heterocycles. The summed E-state index contributed by atoms with van der Waals surface area (Å²) in [5, 5.41) is 21.8. The lowest BCUT2D eigenvalue weighted by Gasteiger charge is -2.43. The molecule has 5 nitrogen and oxygen atoms in total. The number of nitriles is 2. The molecule has 0 saturated heterocycles. The zero-order chi connectivity index (χ0) is 11.8. The van der Waals surface area contributed by atoms with Crippen LogP contribution in [0.2, 0.25) is 0 Å². The van der Waals surface area contributed by atoms with Crippen molar-refractivity contribution < 1.29 is 0 Å². The number of hydrogen-bond acceptors (Lipinski definition) is 4. The normalized spacial score (nSPS) is 27.8. The van der Waals surface area contributed by atoms with Crippen molar-refractivity contribution in [2.45, 2.75) is 24.8 Å². The van der Waals surface area contributed by atoms with E-state index in [0.29, 0.717) is 25.1 Å². The Kier molecular flexibility index (Phi) is 2.61. The number of rotatable bonds is 2. The third-order valence-corrected chi connectivity index (χ3v) is 3.64. The number of anilines is 1. The Morgan fingerprint density at radius 3 is 2.75 bits per heavy atom. The molecule has 0 bridgehead atoms. The van der Waals surface area contributed by atoms with Crippen LogP contribution in [0.3, 0.4) is 0 Å². The standard InChI is InChI=1S/C10H10BrN5/c11-8-6-16(15-9(8)14)10(1-2-12)3-7(4-10)5-13/h6-7H,1,3-4H2,(H2,14,15)/t7-,10-. The van der Waals surface area contributed by atoms with Gasteiger partial charge in [0.15, 0.2) is 5.82 Å². The van der Waals surface area contributed by atoms with Crippen molar-refractivity contribution in [1.29, 1.82) is 10.5 Å². The summed E-state index contributed by atoms with van der Waals surface area (Å²) in [7, 11) is 0. The Morgan fingerprint density at radius 1 is 1.62 bits per heavy atom. The van der Waals surface area contributed by atoms with Crippen molar-refractivity contribution in [1.82, 2.24) is 9.78 Å². The van der Waals surface area contributed by atoms with Crippen molar-refractivity contribution in [2.75, 3.05) is 5.73 Å². The predicted molar refractivity (Wildman–Crippen MR) is 60.9 cm³/mol. The van der Waals surface area contributed by atoms with Gasteiger partial charge in [-0.1, -0.05) is 0 Å². The third kappa shape index (κ3) is 1.56. The number of hydrogen-bond donors (Lipinski definition) is 1. The van der Waals surface area contributed by atoms with E-state index < -0.39 is 0 Å². The van der Waals surface area contributed by atoms with Crippen LogP contribution in [0.5, 0.6) is 0 Å². The van der Waals surface area contributed by atoms with Gasteiger partial charge < -0.3 is 5.73 Å². The van der Waals surface area contributed by atoms with E-state index in [0.717, 1.165) is 4.47 Å². The van der Waals surface area contributed by atoms with Crippen molar-refractivity contribution in [2.24, 2.45) is 5.92 Å². The Morgan fingerprint density at radius 2 is 2.31 bits per heavy atom. The van der Waals surface area contributed by atoms with Gasteiger partial charge in [-0.2, -0.15) is 15.6 Å². The van der Waals surface area contributed by atoms with E-state index in [1.54, 1.807) is 10.9 Å². The van der Waals surface area contributed by atoms with Gasteiger partial charge in [-0.15, -0.1) is 0 Å². The van der Waals surface area contributed by atoms with Crippen LogP contribution in [-0.2, 0) is 5.54 Å². The molecule has 1 aliphatic carbocycles. The van der Waals surface area contributed by atoms with Gasteiger partial charge in [-0.05, 0) is 28.8 Å². The molecule has 0 atom stereocenters. The first-order valence-corrected chi connectivity index (χ1v) is 5.68. The quantitative estimate of drug-likeness (QED) is 0.893. The molecule has 0 unspecified atom stereocenters. The fraction of sp³-hybridized carbons (Fsp3) is 0.500. The molecule has 6 heteroatoms. The Bertz CT molecular complexity index is 467. The molecule has 0 amide bonds. The van der Waals surface area contributed by atoms with Gasteiger partial charge >= 0.3 is 0 Å². The van der Waals surface area contributed by atoms with Gasteiger partial charge in [0.05, 0.1) is 34.5 Å². The summed E-state index contributed by atoms with van der Waals surface area (Å²) in [5.41, 5.74) is 5.31. The molecular weight excluding hydrogens is 270 g/mol. The molecule has 0 spiro atoms. The first-order chi connectivity index (χ1) is 7.61. The summed E-state index contributed by atoms with van der Waals surface area (Å²) in [6, 6.07) is 4.37. The largest absolute Gasteiger partial charge is 0.381 e. The SMILES string of the molecule is N#CC[C@]1(n2cc(Br)c(N)n2)C[C@H](C#N)C1. The van der Waals surface area contributed by atoms with Gasteiger partial charge in [0.1, 0.15) is 0 Å². The highest BCUT2D eigenvalue weighted by Crippen LogP contribution is 2.46. The zero-order valence-corrected chi connectivity index (χ0v) is 10.1. The second-order valence-electron chi connectivity index (χ2n) is 4.10. The molecule has 1 aliphatic rings. The highest BCUT2D eigenvalue weighted by molar-refractivity contribution is 9.10. The smallest absolute Gasteiger partial charge is 0.159 e. The summed E-state index contributed by atoms with van der Waals surface area (Å²) in [6.45, 7) is 0. The number of nitrogens with zero attached hydrogens (tertiary/aromatic N) is 4. The van der Waals surface area contributed by atoms with E-state index in [2.05, 4.69) is 33.2 Å². The lowest BCUT2D eigenvalue weighted by atomic mass is 9.67. The summed E-state index contributed by atoms with van der Waals surface area (Å²) < 4.78 is 2.45. The molecule has 82 valence electrons. The van der Waals surface area contributed by atoms with Crippen LogP contribution in [0.15, 0.2) is 10.7 Å². The molecule has 2 N–H and O–H groups in total. The maximum atomic E-state index is 8.85. The monoisotopic (exact) mass is 279 g/mol.